The number of aromatic nitrogens is 3. The number of nitrogens with one attached hydrogen (secondary N) is 1. The van der Waals surface area contributed by atoms with Crippen molar-refractivity contribution in [2.24, 2.45) is 0 Å². The number of sulfone groups is 1. The Balaban J connectivity index is 1.67. The number of fused-ring (bicyclic) bond motifs is 2. The fourth-order valence-electron chi connectivity index (χ4n) is 4.24. The Kier molecular flexibility index (Phi) is 4.85. The smallest absolute Gasteiger partial charge is 0.268 e. The molecule has 1 aliphatic rings. The van der Waals surface area contributed by atoms with Crippen LogP contribution in [-0.4, -0.2) is 45.8 Å². The molecule has 32 heavy (non-hydrogen) atoms. The molecule has 8 nitrogen and oxygen atoms in total. The number of aryl methyl sites for hydroxylation is 1. The Bertz CT molecular complexity index is 1520. The van der Waals surface area contributed by atoms with Crippen LogP contribution < -0.4 is 10.9 Å². The van der Waals surface area contributed by atoms with Gasteiger partial charge in [-0.25, -0.2) is 13.4 Å². The topological polar surface area (TPSA) is 103 Å². The molecule has 0 bridgehead atoms. The fraction of sp³-hybridized carbons (Fsp3) is 0.261. The second-order valence-corrected chi connectivity index (χ2v) is 10.4. The number of hydrogen-bond donors (Lipinski definition) is 1. The Hall–Kier alpha value is -3.46. The van der Waals surface area contributed by atoms with Crippen LogP contribution in [0.25, 0.3) is 16.7 Å². The maximum absolute atomic E-state index is 13.2. The van der Waals surface area contributed by atoms with Crippen LogP contribution in [0.4, 0.5) is 0 Å². The Morgan fingerprint density at radius 3 is 2.66 bits per heavy atom. The van der Waals surface area contributed by atoms with Crippen molar-refractivity contribution < 1.29 is 13.2 Å². The Labute approximate surface area is 184 Å². The predicted molar refractivity (Wildman–Crippen MR) is 122 cm³/mol. The number of benzene rings is 1. The van der Waals surface area contributed by atoms with Gasteiger partial charge in [-0.05, 0) is 36.6 Å². The first kappa shape index (κ1) is 20.4. The van der Waals surface area contributed by atoms with Gasteiger partial charge >= 0.3 is 0 Å². The first-order valence-electron chi connectivity index (χ1n) is 10.4. The summed E-state index contributed by atoms with van der Waals surface area (Å²) in [5.41, 5.74) is 2.79. The molecule has 1 amide bonds. The van der Waals surface area contributed by atoms with Crippen LogP contribution >= 0.6 is 0 Å². The van der Waals surface area contributed by atoms with Gasteiger partial charge in [-0.3, -0.25) is 14.0 Å². The van der Waals surface area contributed by atoms with Gasteiger partial charge in [-0.15, -0.1) is 0 Å². The Morgan fingerprint density at radius 2 is 1.94 bits per heavy atom. The lowest BCUT2D eigenvalue weighted by atomic mass is 10.2. The maximum Gasteiger partial charge on any atom is 0.268 e. The molecule has 0 saturated carbocycles. The van der Waals surface area contributed by atoms with Gasteiger partial charge in [0, 0.05) is 18.8 Å². The predicted octanol–water partition coefficient (Wildman–Crippen LogP) is 1.92. The molecule has 0 aliphatic carbocycles. The van der Waals surface area contributed by atoms with Crippen LogP contribution in [0.2, 0.25) is 0 Å². The van der Waals surface area contributed by atoms with E-state index < -0.39 is 21.8 Å². The molecule has 4 aromatic rings. The summed E-state index contributed by atoms with van der Waals surface area (Å²) in [5, 5.41) is 3.18. The average molecular weight is 451 g/mol. The largest absolute Gasteiger partial charge is 0.347 e. The highest BCUT2D eigenvalue weighted by Gasteiger charge is 2.30. The van der Waals surface area contributed by atoms with E-state index in [2.05, 4.69) is 5.32 Å². The molecule has 164 valence electrons. The van der Waals surface area contributed by atoms with E-state index in [1.54, 1.807) is 22.9 Å². The first-order chi connectivity index (χ1) is 15.3. The molecular formula is C23H22N4O4S. The molecule has 1 unspecified atom stereocenters. The van der Waals surface area contributed by atoms with Gasteiger partial charge in [0.15, 0.2) is 9.84 Å². The monoisotopic (exact) mass is 450 g/mol. The molecule has 1 saturated heterocycles. The zero-order valence-electron chi connectivity index (χ0n) is 17.5. The molecule has 1 atom stereocenters. The van der Waals surface area contributed by atoms with Gasteiger partial charge in [0.2, 0.25) is 0 Å². The number of amides is 1. The fourth-order valence-corrected chi connectivity index (χ4v) is 5.92. The average Bonchev–Trinajstić information content (AvgIpc) is 3.29. The van der Waals surface area contributed by atoms with Crippen LogP contribution in [-0.2, 0) is 16.4 Å². The normalized spacial score (nSPS) is 17.7. The van der Waals surface area contributed by atoms with Gasteiger partial charge in [-0.2, -0.15) is 0 Å². The zero-order valence-corrected chi connectivity index (χ0v) is 18.3. The number of carbonyl (C=O) groups is 1. The minimum absolute atomic E-state index is 0.0678. The van der Waals surface area contributed by atoms with Crippen LogP contribution in [0.3, 0.4) is 0 Å². The summed E-state index contributed by atoms with van der Waals surface area (Å²) < 4.78 is 26.8. The molecular weight excluding hydrogens is 428 g/mol. The molecule has 1 aromatic carbocycles. The minimum Gasteiger partial charge on any atom is -0.347 e. The van der Waals surface area contributed by atoms with Crippen molar-refractivity contribution in [2.75, 3.05) is 11.5 Å². The molecule has 4 heterocycles. The molecule has 3 aromatic heterocycles. The van der Waals surface area contributed by atoms with Crippen LogP contribution in [0.5, 0.6) is 0 Å². The summed E-state index contributed by atoms with van der Waals surface area (Å²) in [6, 6.07) is 14.4. The van der Waals surface area contributed by atoms with Gasteiger partial charge in [-0.1, -0.05) is 36.4 Å². The molecule has 0 radical (unpaired) electrons. The lowest BCUT2D eigenvalue weighted by Crippen LogP contribution is -2.36. The summed E-state index contributed by atoms with van der Waals surface area (Å²) in [5.74, 6) is -0.411. The highest BCUT2D eigenvalue weighted by atomic mass is 32.2. The van der Waals surface area contributed by atoms with E-state index in [4.69, 9.17) is 4.98 Å². The van der Waals surface area contributed by atoms with Crippen molar-refractivity contribution in [1.29, 1.82) is 0 Å². The molecule has 0 spiro atoms. The van der Waals surface area contributed by atoms with Crippen molar-refractivity contribution in [3.8, 4) is 0 Å². The minimum atomic E-state index is -3.13. The van der Waals surface area contributed by atoms with E-state index in [0.29, 0.717) is 29.6 Å². The summed E-state index contributed by atoms with van der Waals surface area (Å²) in [7, 11) is -3.13. The number of rotatable bonds is 4. The lowest BCUT2D eigenvalue weighted by molar-refractivity contribution is 0.0932. The molecule has 1 N–H and O–H groups in total. The second kappa shape index (κ2) is 7.59. The highest BCUT2D eigenvalue weighted by molar-refractivity contribution is 7.91. The van der Waals surface area contributed by atoms with Crippen LogP contribution in [0, 0.1) is 6.92 Å². The van der Waals surface area contributed by atoms with Crippen molar-refractivity contribution >= 4 is 32.4 Å². The standard InChI is InChI=1S/C23H22N4O4S/c1-15-6-5-10-26-20(15)25-21-18(23(26)29)12-19(27(21)13-16-7-3-2-4-8-16)22(28)24-17-9-11-32(30,31)14-17/h2-8,10,12,17H,9,11,13-14H2,1H3,(H,24,28). The molecule has 5 rings (SSSR count). The molecule has 1 aliphatic heterocycles. The number of carbonyl (C=O) groups excluding carboxylic acids is 1. The SMILES string of the molecule is Cc1cccn2c(=O)c3cc(C(=O)NC4CCS(=O)(=O)C4)n(Cc4ccccc4)c3nc12. The number of nitrogens with zero attached hydrogens (tertiary/aromatic N) is 3. The van der Waals surface area contributed by atoms with E-state index in [1.807, 2.05) is 43.3 Å². The third-order valence-corrected chi connectivity index (χ3v) is 7.64. The number of pyridine rings is 1. The summed E-state index contributed by atoms with van der Waals surface area (Å²) in [6.45, 7) is 2.23. The quantitative estimate of drug-likeness (QED) is 0.512. The Morgan fingerprint density at radius 1 is 1.16 bits per heavy atom. The van der Waals surface area contributed by atoms with E-state index in [0.717, 1.165) is 11.1 Å². The third kappa shape index (κ3) is 3.58. The van der Waals surface area contributed by atoms with Crippen molar-refractivity contribution in [1.82, 2.24) is 19.3 Å². The summed E-state index contributed by atoms with van der Waals surface area (Å²) in [6.07, 6.45) is 2.05. The lowest BCUT2D eigenvalue weighted by Gasteiger charge is -2.14. The van der Waals surface area contributed by atoms with Gasteiger partial charge in [0.25, 0.3) is 11.5 Å². The highest BCUT2D eigenvalue weighted by Crippen LogP contribution is 2.20. The molecule has 1 fully saturated rings. The maximum atomic E-state index is 13.2. The zero-order chi connectivity index (χ0) is 22.5. The van der Waals surface area contributed by atoms with Gasteiger partial charge in [0.1, 0.15) is 17.0 Å². The van der Waals surface area contributed by atoms with Crippen LogP contribution in [0.1, 0.15) is 28.0 Å². The van der Waals surface area contributed by atoms with E-state index >= 15 is 0 Å². The second-order valence-electron chi connectivity index (χ2n) is 8.21. The van der Waals surface area contributed by atoms with Crippen molar-refractivity contribution in [3.63, 3.8) is 0 Å². The number of hydrogen-bond acceptors (Lipinski definition) is 5. The van der Waals surface area contributed by atoms with E-state index in [-0.39, 0.29) is 22.8 Å². The molecule has 9 heteroatoms. The van der Waals surface area contributed by atoms with Gasteiger partial charge in [0.05, 0.1) is 16.9 Å². The first-order valence-corrected chi connectivity index (χ1v) is 12.2. The van der Waals surface area contributed by atoms with Gasteiger partial charge < -0.3 is 9.88 Å². The summed E-state index contributed by atoms with van der Waals surface area (Å²) >= 11 is 0. The van der Waals surface area contributed by atoms with Crippen molar-refractivity contribution in [3.05, 3.63) is 81.9 Å². The van der Waals surface area contributed by atoms with Crippen LogP contribution in [0.15, 0.2) is 59.5 Å². The summed E-state index contributed by atoms with van der Waals surface area (Å²) in [4.78, 5) is 31.2. The van der Waals surface area contributed by atoms with E-state index in [9.17, 15) is 18.0 Å². The van der Waals surface area contributed by atoms with Crippen molar-refractivity contribution in [2.45, 2.75) is 25.9 Å². The van der Waals surface area contributed by atoms with E-state index in [1.165, 1.54) is 4.40 Å². The third-order valence-electron chi connectivity index (χ3n) is 5.88.